The van der Waals surface area contributed by atoms with Crippen LogP contribution in [0.4, 0.5) is 0 Å². The van der Waals surface area contributed by atoms with Gasteiger partial charge in [0.15, 0.2) is 0 Å². The summed E-state index contributed by atoms with van der Waals surface area (Å²) in [5.74, 6) is -0.762. The third kappa shape index (κ3) is 13.7. The Kier molecular flexibility index (Phi) is 16.0. The molecule has 0 radical (unpaired) electrons. The zero-order valence-corrected chi connectivity index (χ0v) is 15.6. The lowest BCUT2D eigenvalue weighted by molar-refractivity contribution is 0.127. The molecule has 0 amide bonds. The quantitative estimate of drug-likeness (QED) is 0.240. The Balaban J connectivity index is 3.29. The molecule has 0 rings (SSSR count). The molecule has 4 N–H and O–H groups in total. The van der Waals surface area contributed by atoms with Crippen LogP contribution >= 0.6 is 9.24 Å². The van der Waals surface area contributed by atoms with E-state index in [9.17, 15) is 10.2 Å². The third-order valence-corrected chi connectivity index (χ3v) is 4.54. The van der Waals surface area contributed by atoms with Crippen molar-refractivity contribution in [2.45, 2.75) is 102 Å². The van der Waals surface area contributed by atoms with Gasteiger partial charge in [0.05, 0.1) is 18.0 Å². The number of aliphatic hydroxyl groups excluding tert-OH is 2. The minimum Gasteiger partial charge on any atom is -0.387 e. The van der Waals surface area contributed by atoms with Crippen LogP contribution in [0.3, 0.4) is 0 Å². The fraction of sp³-hybridized carbons (Fsp3) is 0.889. The Morgan fingerprint density at radius 3 is 1.77 bits per heavy atom. The second-order valence-electron chi connectivity index (χ2n) is 6.31. The lowest BCUT2D eigenvalue weighted by Gasteiger charge is -2.17. The molecule has 0 saturated carbocycles. The molecule has 22 heavy (non-hydrogen) atoms. The maximum absolute atomic E-state index is 9.68. The predicted molar refractivity (Wildman–Crippen MR) is 99.9 cm³/mol. The summed E-state index contributed by atoms with van der Waals surface area (Å²) in [5.41, 5.74) is 5.64. The van der Waals surface area contributed by atoms with Gasteiger partial charge in [-0.3, -0.25) is 0 Å². The maximum atomic E-state index is 9.68. The van der Waals surface area contributed by atoms with Gasteiger partial charge < -0.3 is 15.9 Å². The summed E-state index contributed by atoms with van der Waals surface area (Å²) in [6.45, 7) is 2.26. The Bertz CT molecular complexity index is 259. The highest BCUT2D eigenvalue weighted by atomic mass is 31.0. The minimum absolute atomic E-state index is 0.626. The minimum atomic E-state index is -0.764. The van der Waals surface area contributed by atoms with Crippen LogP contribution in [0.15, 0.2) is 12.2 Å². The average Bonchev–Trinajstić information content (AvgIpc) is 2.50. The first kappa shape index (κ1) is 22.1. The molecule has 4 atom stereocenters. The van der Waals surface area contributed by atoms with E-state index >= 15 is 0 Å². The first-order valence-electron chi connectivity index (χ1n) is 9.13. The highest BCUT2D eigenvalue weighted by Gasteiger charge is 2.16. The van der Waals surface area contributed by atoms with Gasteiger partial charge in [0, 0.05) is 0 Å². The van der Waals surface area contributed by atoms with Gasteiger partial charge in [-0.2, -0.15) is 0 Å². The van der Waals surface area contributed by atoms with Gasteiger partial charge in [0.25, 0.3) is 0 Å². The zero-order chi connectivity index (χ0) is 16.6. The van der Waals surface area contributed by atoms with E-state index < -0.39 is 18.0 Å². The Hall–Kier alpha value is 0.0500. The molecule has 0 aromatic heterocycles. The molecular formula is C18H38NO2P. The summed E-state index contributed by atoms with van der Waals surface area (Å²) in [7, 11) is 2.21. The normalized spacial score (nSPS) is 16.0. The number of allylic oxidation sites excluding steroid dienone is 1. The fourth-order valence-electron chi connectivity index (χ4n) is 2.49. The summed E-state index contributed by atoms with van der Waals surface area (Å²) >= 11 is 0. The van der Waals surface area contributed by atoms with Crippen LogP contribution in [0.2, 0.25) is 0 Å². The van der Waals surface area contributed by atoms with Gasteiger partial charge in [-0.25, -0.2) is 0 Å². The molecule has 0 aromatic rings. The van der Waals surface area contributed by atoms with Crippen molar-refractivity contribution in [1.29, 1.82) is 0 Å². The number of rotatable bonds is 15. The lowest BCUT2D eigenvalue weighted by atomic mass is 10.0. The monoisotopic (exact) mass is 331 g/mol. The molecule has 0 aliphatic rings. The van der Waals surface area contributed by atoms with E-state index in [-0.39, 0.29) is 0 Å². The average molecular weight is 331 g/mol. The molecule has 0 aliphatic heterocycles. The van der Waals surface area contributed by atoms with E-state index in [1.807, 2.05) is 6.08 Å². The van der Waals surface area contributed by atoms with Crippen molar-refractivity contribution in [2.24, 2.45) is 5.73 Å². The SMILES string of the molecule is CCCCCCCCCCCCC/C=C/[C@@H](O)[C@H](N)C(O)P. The van der Waals surface area contributed by atoms with Crippen molar-refractivity contribution in [3.8, 4) is 0 Å². The van der Waals surface area contributed by atoms with Gasteiger partial charge >= 0.3 is 0 Å². The van der Waals surface area contributed by atoms with Gasteiger partial charge in [-0.1, -0.05) is 83.3 Å². The van der Waals surface area contributed by atoms with E-state index in [0.29, 0.717) is 0 Å². The van der Waals surface area contributed by atoms with Crippen molar-refractivity contribution in [3.63, 3.8) is 0 Å². The molecule has 3 nitrogen and oxygen atoms in total. The van der Waals surface area contributed by atoms with Gasteiger partial charge in [0.1, 0.15) is 0 Å². The summed E-state index contributed by atoms with van der Waals surface area (Å²) < 4.78 is 0. The summed E-state index contributed by atoms with van der Waals surface area (Å²) in [6, 6.07) is -0.626. The molecule has 0 fully saturated rings. The highest BCUT2D eigenvalue weighted by molar-refractivity contribution is 7.17. The zero-order valence-electron chi connectivity index (χ0n) is 14.4. The molecule has 0 spiro atoms. The summed E-state index contributed by atoms with van der Waals surface area (Å²) in [5, 5.41) is 18.9. The van der Waals surface area contributed by atoms with Crippen LogP contribution in [0.25, 0.3) is 0 Å². The van der Waals surface area contributed by atoms with Crippen molar-refractivity contribution in [1.82, 2.24) is 0 Å². The lowest BCUT2D eigenvalue weighted by Crippen LogP contribution is -2.40. The molecule has 2 unspecified atom stereocenters. The van der Waals surface area contributed by atoms with E-state index in [2.05, 4.69) is 16.2 Å². The second kappa shape index (κ2) is 15.9. The van der Waals surface area contributed by atoms with Crippen molar-refractivity contribution in [2.75, 3.05) is 0 Å². The van der Waals surface area contributed by atoms with E-state index in [0.717, 1.165) is 6.42 Å². The summed E-state index contributed by atoms with van der Waals surface area (Å²) in [6.07, 6.45) is 18.7. The maximum Gasteiger partial charge on any atom is 0.0900 e. The summed E-state index contributed by atoms with van der Waals surface area (Å²) in [4.78, 5) is 0. The van der Waals surface area contributed by atoms with Crippen LogP contribution < -0.4 is 5.73 Å². The topological polar surface area (TPSA) is 66.5 Å². The molecule has 0 aliphatic carbocycles. The first-order chi connectivity index (χ1) is 10.6. The van der Waals surface area contributed by atoms with Crippen molar-refractivity contribution < 1.29 is 10.2 Å². The fourth-order valence-corrected chi connectivity index (χ4v) is 2.72. The number of hydrogen-bond donors (Lipinski definition) is 3. The molecule has 0 heterocycles. The van der Waals surface area contributed by atoms with Gasteiger partial charge in [-0.15, -0.1) is 9.24 Å². The first-order valence-corrected chi connectivity index (χ1v) is 9.80. The van der Waals surface area contributed by atoms with Crippen LogP contribution in [-0.2, 0) is 0 Å². The molecule has 0 saturated heterocycles. The Morgan fingerprint density at radius 1 is 0.864 bits per heavy atom. The standard InChI is InChI=1S/C18H38NO2P/c1-2-3-4-5-6-7-8-9-10-11-12-13-14-15-16(20)17(19)18(21)22/h14-18,20-21H,2-13,19,22H2,1H3/b15-14+/t16-,17+,18?/m1/s1. The van der Waals surface area contributed by atoms with Crippen LogP contribution in [0.5, 0.6) is 0 Å². The smallest absolute Gasteiger partial charge is 0.0900 e. The number of aliphatic hydroxyl groups is 2. The molecule has 4 heteroatoms. The highest BCUT2D eigenvalue weighted by Crippen LogP contribution is 2.12. The van der Waals surface area contributed by atoms with Gasteiger partial charge in [-0.05, 0) is 12.8 Å². The Labute approximate surface area is 140 Å². The van der Waals surface area contributed by atoms with E-state index in [4.69, 9.17) is 5.73 Å². The molecule has 132 valence electrons. The largest absolute Gasteiger partial charge is 0.387 e. The molecule has 0 bridgehead atoms. The van der Waals surface area contributed by atoms with Gasteiger partial charge in [0.2, 0.25) is 0 Å². The third-order valence-electron chi connectivity index (χ3n) is 4.10. The number of nitrogens with two attached hydrogens (primary N) is 1. The van der Waals surface area contributed by atoms with Crippen molar-refractivity contribution in [3.05, 3.63) is 12.2 Å². The van der Waals surface area contributed by atoms with E-state index in [1.165, 1.54) is 70.6 Å². The number of hydrogen-bond acceptors (Lipinski definition) is 3. The van der Waals surface area contributed by atoms with Crippen LogP contribution in [-0.4, -0.2) is 28.2 Å². The molecular weight excluding hydrogens is 293 g/mol. The second-order valence-corrected chi connectivity index (χ2v) is 6.99. The predicted octanol–water partition coefficient (Wildman–Crippen LogP) is 4.13. The van der Waals surface area contributed by atoms with Crippen molar-refractivity contribution >= 4 is 9.24 Å². The van der Waals surface area contributed by atoms with Crippen LogP contribution in [0, 0.1) is 0 Å². The Morgan fingerprint density at radius 2 is 1.32 bits per heavy atom. The van der Waals surface area contributed by atoms with Crippen LogP contribution in [0.1, 0.15) is 84.0 Å². The number of unbranched alkanes of at least 4 members (excludes halogenated alkanes) is 11. The van der Waals surface area contributed by atoms with E-state index in [1.54, 1.807) is 6.08 Å². The molecule has 0 aromatic carbocycles.